The fourth-order valence-electron chi connectivity index (χ4n) is 2.57. The third-order valence-corrected chi connectivity index (χ3v) is 3.89. The van der Waals surface area contributed by atoms with Crippen LogP contribution in [0.4, 0.5) is 0 Å². The number of carbonyl (C=O) groups is 1. The summed E-state index contributed by atoms with van der Waals surface area (Å²) >= 11 is 0. The Labute approximate surface area is 147 Å². The normalized spacial score (nSPS) is 10.9. The molecule has 25 heavy (non-hydrogen) atoms. The van der Waals surface area contributed by atoms with Crippen LogP contribution in [0.2, 0.25) is 0 Å². The minimum atomic E-state index is -0.293. The van der Waals surface area contributed by atoms with Crippen molar-refractivity contribution in [3.8, 4) is 5.75 Å². The number of aryl methyl sites for hydroxylation is 1. The number of nitrogens with one attached hydrogen (secondary N) is 1. The Bertz CT molecular complexity index is 898. The van der Waals surface area contributed by atoms with Crippen molar-refractivity contribution >= 4 is 22.9 Å². The number of amides is 1. The molecule has 3 aromatic carbocycles. The van der Waals surface area contributed by atoms with Gasteiger partial charge in [-0.05, 0) is 34.9 Å². The average Bonchev–Trinajstić information content (AvgIpc) is 2.67. The highest BCUT2D eigenvalue weighted by molar-refractivity contribution is 5.99. The maximum absolute atomic E-state index is 11.9. The fourth-order valence-corrected chi connectivity index (χ4v) is 2.57. The van der Waals surface area contributed by atoms with Gasteiger partial charge in [-0.2, -0.15) is 5.10 Å². The highest BCUT2D eigenvalue weighted by Crippen LogP contribution is 2.16. The summed E-state index contributed by atoms with van der Waals surface area (Å²) in [7, 11) is 0. The second-order valence-corrected chi connectivity index (χ2v) is 5.65. The van der Waals surface area contributed by atoms with Crippen molar-refractivity contribution in [3.63, 3.8) is 0 Å². The SMILES string of the molecule is CCc1cccc(OCC(=O)N/N=C/c2cccc3ccccc23)c1. The second kappa shape index (κ2) is 8.11. The van der Waals surface area contributed by atoms with E-state index in [-0.39, 0.29) is 12.5 Å². The van der Waals surface area contributed by atoms with Crippen LogP contribution in [-0.2, 0) is 11.2 Å². The molecule has 0 spiro atoms. The summed E-state index contributed by atoms with van der Waals surface area (Å²) in [6.45, 7) is 2.01. The van der Waals surface area contributed by atoms with Crippen molar-refractivity contribution in [2.45, 2.75) is 13.3 Å². The molecule has 3 aromatic rings. The van der Waals surface area contributed by atoms with Crippen molar-refractivity contribution in [1.29, 1.82) is 0 Å². The molecule has 4 heteroatoms. The van der Waals surface area contributed by atoms with Crippen LogP contribution in [0, 0.1) is 0 Å². The van der Waals surface area contributed by atoms with E-state index in [1.807, 2.05) is 66.7 Å². The molecule has 126 valence electrons. The number of hydrogen-bond donors (Lipinski definition) is 1. The zero-order chi connectivity index (χ0) is 17.5. The van der Waals surface area contributed by atoms with Gasteiger partial charge in [-0.25, -0.2) is 5.43 Å². The predicted octanol–water partition coefficient (Wildman–Crippen LogP) is 3.93. The molecule has 0 radical (unpaired) electrons. The first-order valence-corrected chi connectivity index (χ1v) is 8.27. The summed E-state index contributed by atoms with van der Waals surface area (Å²) in [6, 6.07) is 21.8. The van der Waals surface area contributed by atoms with E-state index in [2.05, 4.69) is 17.5 Å². The topological polar surface area (TPSA) is 50.7 Å². The Morgan fingerprint density at radius 2 is 1.88 bits per heavy atom. The van der Waals surface area contributed by atoms with Gasteiger partial charge in [-0.3, -0.25) is 4.79 Å². The van der Waals surface area contributed by atoms with Crippen LogP contribution in [-0.4, -0.2) is 18.7 Å². The lowest BCUT2D eigenvalue weighted by Crippen LogP contribution is -2.24. The van der Waals surface area contributed by atoms with Gasteiger partial charge < -0.3 is 4.74 Å². The molecule has 0 saturated carbocycles. The van der Waals surface area contributed by atoms with Crippen molar-refractivity contribution < 1.29 is 9.53 Å². The highest BCUT2D eigenvalue weighted by Gasteiger charge is 2.02. The lowest BCUT2D eigenvalue weighted by atomic mass is 10.1. The van der Waals surface area contributed by atoms with Crippen molar-refractivity contribution in [2.24, 2.45) is 5.10 Å². The van der Waals surface area contributed by atoms with Crippen molar-refractivity contribution in [1.82, 2.24) is 5.43 Å². The monoisotopic (exact) mass is 332 g/mol. The van der Waals surface area contributed by atoms with Crippen LogP contribution >= 0.6 is 0 Å². The first-order chi connectivity index (χ1) is 12.3. The van der Waals surface area contributed by atoms with E-state index in [4.69, 9.17) is 4.74 Å². The van der Waals surface area contributed by atoms with Gasteiger partial charge in [-0.1, -0.05) is 61.5 Å². The lowest BCUT2D eigenvalue weighted by Gasteiger charge is -2.06. The van der Waals surface area contributed by atoms with Crippen LogP contribution < -0.4 is 10.2 Å². The molecule has 0 aliphatic carbocycles. The van der Waals surface area contributed by atoms with Gasteiger partial charge in [0.25, 0.3) is 5.91 Å². The third kappa shape index (κ3) is 4.44. The molecule has 0 saturated heterocycles. The standard InChI is InChI=1S/C21H20N2O2/c1-2-16-7-5-11-19(13-16)25-15-21(24)23-22-14-18-10-6-9-17-8-3-4-12-20(17)18/h3-14H,2,15H2,1H3,(H,23,24)/b22-14+. The molecule has 4 nitrogen and oxygen atoms in total. The van der Waals surface area contributed by atoms with E-state index in [0.717, 1.165) is 22.8 Å². The first-order valence-electron chi connectivity index (χ1n) is 8.27. The summed E-state index contributed by atoms with van der Waals surface area (Å²) in [5, 5.41) is 6.26. The Hall–Kier alpha value is -3.14. The van der Waals surface area contributed by atoms with Crippen LogP contribution in [0.1, 0.15) is 18.1 Å². The Morgan fingerprint density at radius 1 is 1.08 bits per heavy atom. The first kappa shape index (κ1) is 16.7. The second-order valence-electron chi connectivity index (χ2n) is 5.65. The van der Waals surface area contributed by atoms with Crippen LogP contribution in [0.5, 0.6) is 5.75 Å². The van der Waals surface area contributed by atoms with E-state index in [9.17, 15) is 4.79 Å². The molecular weight excluding hydrogens is 312 g/mol. The van der Waals surface area contributed by atoms with Gasteiger partial charge in [0.15, 0.2) is 6.61 Å². The highest BCUT2D eigenvalue weighted by atomic mass is 16.5. The smallest absolute Gasteiger partial charge is 0.277 e. The van der Waals surface area contributed by atoms with Gasteiger partial charge >= 0.3 is 0 Å². The van der Waals surface area contributed by atoms with E-state index < -0.39 is 0 Å². The number of carbonyl (C=O) groups excluding carboxylic acids is 1. The molecule has 1 amide bonds. The number of hydrazone groups is 1. The summed E-state index contributed by atoms with van der Waals surface area (Å²) in [4.78, 5) is 11.9. The van der Waals surface area contributed by atoms with Crippen LogP contribution in [0.25, 0.3) is 10.8 Å². The van der Waals surface area contributed by atoms with Gasteiger partial charge in [0.05, 0.1) is 6.21 Å². The molecule has 0 heterocycles. The minimum absolute atomic E-state index is 0.0694. The van der Waals surface area contributed by atoms with Crippen molar-refractivity contribution in [2.75, 3.05) is 6.61 Å². The zero-order valence-electron chi connectivity index (χ0n) is 14.1. The zero-order valence-corrected chi connectivity index (χ0v) is 14.1. The molecule has 0 aliphatic rings. The minimum Gasteiger partial charge on any atom is -0.484 e. The third-order valence-electron chi connectivity index (χ3n) is 3.89. The van der Waals surface area contributed by atoms with Crippen LogP contribution in [0.15, 0.2) is 71.8 Å². The Balaban J connectivity index is 1.57. The van der Waals surface area contributed by atoms with Gasteiger partial charge in [-0.15, -0.1) is 0 Å². The van der Waals surface area contributed by atoms with Crippen molar-refractivity contribution in [3.05, 3.63) is 77.9 Å². The molecule has 0 atom stereocenters. The number of benzene rings is 3. The number of rotatable bonds is 6. The maximum atomic E-state index is 11.9. The molecule has 0 aromatic heterocycles. The number of nitrogens with zero attached hydrogens (tertiary/aromatic N) is 1. The largest absolute Gasteiger partial charge is 0.484 e. The molecule has 0 unspecified atom stereocenters. The van der Waals surface area contributed by atoms with Gasteiger partial charge in [0.2, 0.25) is 0 Å². The van der Waals surface area contributed by atoms with Crippen LogP contribution in [0.3, 0.4) is 0 Å². The quantitative estimate of drug-likeness (QED) is 0.549. The van der Waals surface area contributed by atoms with E-state index in [1.54, 1.807) is 6.21 Å². The maximum Gasteiger partial charge on any atom is 0.277 e. The predicted molar refractivity (Wildman–Crippen MR) is 101 cm³/mol. The molecule has 1 N–H and O–H groups in total. The van der Waals surface area contributed by atoms with Gasteiger partial charge in [0.1, 0.15) is 5.75 Å². The van der Waals surface area contributed by atoms with E-state index in [1.165, 1.54) is 5.56 Å². The summed E-state index contributed by atoms with van der Waals surface area (Å²) in [5.74, 6) is 0.394. The van der Waals surface area contributed by atoms with E-state index >= 15 is 0 Å². The summed E-state index contributed by atoms with van der Waals surface area (Å²) in [6.07, 6.45) is 2.58. The number of fused-ring (bicyclic) bond motifs is 1. The number of hydrogen-bond acceptors (Lipinski definition) is 3. The molecule has 0 bridgehead atoms. The fraction of sp³-hybridized carbons (Fsp3) is 0.143. The molecule has 3 rings (SSSR count). The molecule has 0 aliphatic heterocycles. The Kier molecular flexibility index (Phi) is 5.42. The molecule has 0 fully saturated rings. The summed E-state index contributed by atoms with van der Waals surface area (Å²) < 4.78 is 5.50. The number of ether oxygens (including phenoxy) is 1. The lowest BCUT2D eigenvalue weighted by molar-refractivity contribution is -0.123. The van der Waals surface area contributed by atoms with Gasteiger partial charge in [0, 0.05) is 5.56 Å². The summed E-state index contributed by atoms with van der Waals surface area (Å²) in [5.41, 5.74) is 4.63. The Morgan fingerprint density at radius 3 is 2.76 bits per heavy atom. The average molecular weight is 332 g/mol. The van der Waals surface area contributed by atoms with E-state index in [0.29, 0.717) is 5.75 Å². The molecular formula is C21H20N2O2.